The van der Waals surface area contributed by atoms with E-state index in [-0.39, 0.29) is 18.9 Å². The molecule has 0 aromatic heterocycles. The molecular weight excluding hydrogens is 484 g/mol. The van der Waals surface area contributed by atoms with Gasteiger partial charge in [-0.3, -0.25) is 14.4 Å². The minimum atomic E-state index is -0.672. The molecule has 2 amide bonds. The van der Waals surface area contributed by atoms with Crippen LogP contribution in [0.5, 0.6) is 17.2 Å². The molecule has 0 bridgehead atoms. The second-order valence-electron chi connectivity index (χ2n) is 8.31. The molecule has 3 aromatic carbocycles. The minimum Gasteiger partial charge on any atom is -0.495 e. The number of halogens is 1. The van der Waals surface area contributed by atoms with Crippen LogP contribution in [0, 0.1) is 12.8 Å². The monoisotopic (exact) mass is 508 g/mol. The van der Waals surface area contributed by atoms with Crippen LogP contribution in [0.1, 0.15) is 12.0 Å². The van der Waals surface area contributed by atoms with E-state index in [2.05, 4.69) is 5.32 Å². The third kappa shape index (κ3) is 6.14. The van der Waals surface area contributed by atoms with Gasteiger partial charge in [-0.05, 0) is 61.5 Å². The Balaban J connectivity index is 1.30. The van der Waals surface area contributed by atoms with Crippen LogP contribution in [0.25, 0.3) is 0 Å². The molecule has 3 aromatic rings. The molecule has 1 aliphatic heterocycles. The Morgan fingerprint density at radius 3 is 2.36 bits per heavy atom. The highest BCUT2D eigenvalue weighted by atomic mass is 35.5. The fourth-order valence-corrected chi connectivity index (χ4v) is 3.94. The summed E-state index contributed by atoms with van der Waals surface area (Å²) in [6.45, 7) is 1.67. The van der Waals surface area contributed by atoms with E-state index in [4.69, 9.17) is 25.8 Å². The highest BCUT2D eigenvalue weighted by Crippen LogP contribution is 2.30. The summed E-state index contributed by atoms with van der Waals surface area (Å²) in [6, 6.07) is 19.5. The van der Waals surface area contributed by atoms with Crippen LogP contribution >= 0.6 is 11.6 Å². The van der Waals surface area contributed by atoms with E-state index in [1.54, 1.807) is 36.4 Å². The molecule has 1 atom stereocenters. The molecule has 4 rings (SSSR count). The van der Waals surface area contributed by atoms with Crippen LogP contribution in [0.2, 0.25) is 5.02 Å². The lowest BCUT2D eigenvalue weighted by Gasteiger charge is -2.17. The summed E-state index contributed by atoms with van der Waals surface area (Å²) in [5, 5.41) is 3.02. The number of amides is 2. The van der Waals surface area contributed by atoms with Crippen molar-refractivity contribution >= 4 is 40.8 Å². The van der Waals surface area contributed by atoms with Gasteiger partial charge >= 0.3 is 5.97 Å². The maximum atomic E-state index is 12.6. The van der Waals surface area contributed by atoms with E-state index in [1.165, 1.54) is 18.1 Å². The molecule has 186 valence electrons. The maximum Gasteiger partial charge on any atom is 0.311 e. The van der Waals surface area contributed by atoms with Gasteiger partial charge in [-0.2, -0.15) is 0 Å². The van der Waals surface area contributed by atoms with Crippen molar-refractivity contribution in [3.8, 4) is 17.2 Å². The van der Waals surface area contributed by atoms with Crippen molar-refractivity contribution in [3.63, 3.8) is 0 Å². The molecule has 1 saturated heterocycles. The van der Waals surface area contributed by atoms with E-state index in [9.17, 15) is 14.4 Å². The number of ether oxygens (including phenoxy) is 3. The first kappa shape index (κ1) is 25.1. The highest BCUT2D eigenvalue weighted by molar-refractivity contribution is 6.31. The second-order valence-corrected chi connectivity index (χ2v) is 8.75. The highest BCUT2D eigenvalue weighted by Gasteiger charge is 2.36. The molecule has 0 spiro atoms. The van der Waals surface area contributed by atoms with Gasteiger partial charge in [-0.15, -0.1) is 0 Å². The van der Waals surface area contributed by atoms with Gasteiger partial charge in [0.25, 0.3) is 5.91 Å². The average molecular weight is 509 g/mol. The van der Waals surface area contributed by atoms with Crippen LogP contribution in [0.4, 0.5) is 11.4 Å². The normalized spacial score (nSPS) is 14.9. The van der Waals surface area contributed by atoms with Crippen LogP contribution in [-0.4, -0.2) is 38.0 Å². The van der Waals surface area contributed by atoms with Crippen LogP contribution in [0.15, 0.2) is 66.7 Å². The fraction of sp³-hybridized carbons (Fsp3) is 0.222. The van der Waals surface area contributed by atoms with Crippen molar-refractivity contribution < 1.29 is 28.6 Å². The standard InChI is InChI=1S/C27H25ClN2O6/c1-17-3-8-21(9-4-17)36-22-10-6-20(7-11-22)30-15-18(13-26(30)32)27(33)35-16-25(31)29-23-14-19(28)5-12-24(23)34-2/h3-12,14,18H,13,15-16H2,1-2H3,(H,29,31)/t18-/m0/s1. The Kier molecular flexibility index (Phi) is 7.75. The number of esters is 1. The van der Waals surface area contributed by atoms with Crippen molar-refractivity contribution in [2.45, 2.75) is 13.3 Å². The number of benzene rings is 3. The first-order chi connectivity index (χ1) is 17.3. The Morgan fingerprint density at radius 1 is 1.03 bits per heavy atom. The number of hydrogen-bond donors (Lipinski definition) is 1. The van der Waals surface area contributed by atoms with Crippen LogP contribution in [0.3, 0.4) is 0 Å². The van der Waals surface area contributed by atoms with Gasteiger partial charge in [0.1, 0.15) is 17.2 Å². The number of nitrogens with one attached hydrogen (secondary N) is 1. The quantitative estimate of drug-likeness (QED) is 0.431. The van der Waals surface area contributed by atoms with Crippen molar-refractivity contribution in [1.29, 1.82) is 0 Å². The molecule has 0 aliphatic carbocycles. The molecule has 1 N–H and O–H groups in total. The van der Waals surface area contributed by atoms with Crippen LogP contribution in [-0.2, 0) is 19.1 Å². The molecule has 0 unspecified atom stereocenters. The van der Waals surface area contributed by atoms with Crippen molar-refractivity contribution in [1.82, 2.24) is 0 Å². The third-order valence-corrected chi connectivity index (χ3v) is 5.88. The number of rotatable bonds is 8. The first-order valence-corrected chi connectivity index (χ1v) is 11.6. The number of methoxy groups -OCH3 is 1. The maximum absolute atomic E-state index is 12.6. The predicted octanol–water partition coefficient (Wildman–Crippen LogP) is 4.98. The average Bonchev–Trinajstić information content (AvgIpc) is 3.26. The van der Waals surface area contributed by atoms with E-state index >= 15 is 0 Å². The number of nitrogens with zero attached hydrogens (tertiary/aromatic N) is 1. The van der Waals surface area contributed by atoms with Crippen LogP contribution < -0.4 is 19.7 Å². The van der Waals surface area contributed by atoms with Gasteiger partial charge in [0, 0.05) is 23.7 Å². The van der Waals surface area contributed by atoms with Gasteiger partial charge in [0.2, 0.25) is 5.91 Å². The predicted molar refractivity (Wildman–Crippen MR) is 136 cm³/mol. The SMILES string of the molecule is COc1ccc(Cl)cc1NC(=O)COC(=O)[C@H]1CC(=O)N(c2ccc(Oc3ccc(C)cc3)cc2)C1. The zero-order valence-electron chi connectivity index (χ0n) is 19.8. The minimum absolute atomic E-state index is 0.00415. The molecule has 0 radical (unpaired) electrons. The van der Waals surface area contributed by atoms with E-state index in [1.807, 2.05) is 31.2 Å². The Hall–Kier alpha value is -4.04. The molecule has 1 aliphatic rings. The Labute approximate surface area is 213 Å². The van der Waals surface area contributed by atoms with Gasteiger partial charge in [0.05, 0.1) is 18.7 Å². The topological polar surface area (TPSA) is 94.2 Å². The molecule has 9 heteroatoms. The molecular formula is C27H25ClN2O6. The Morgan fingerprint density at radius 2 is 1.69 bits per heavy atom. The summed E-state index contributed by atoms with van der Waals surface area (Å²) in [5.74, 6) is -0.260. The number of hydrogen-bond acceptors (Lipinski definition) is 6. The molecule has 1 fully saturated rings. The fourth-order valence-electron chi connectivity index (χ4n) is 3.77. The molecule has 1 heterocycles. The summed E-state index contributed by atoms with van der Waals surface area (Å²) in [7, 11) is 1.46. The molecule has 0 saturated carbocycles. The van der Waals surface area contributed by atoms with Gasteiger partial charge < -0.3 is 24.4 Å². The number of carbonyl (C=O) groups is 3. The zero-order chi connectivity index (χ0) is 25.7. The zero-order valence-corrected chi connectivity index (χ0v) is 20.6. The van der Waals surface area contributed by atoms with Gasteiger partial charge in [-0.25, -0.2) is 0 Å². The van der Waals surface area contributed by atoms with E-state index in [0.29, 0.717) is 33.6 Å². The summed E-state index contributed by atoms with van der Waals surface area (Å²) in [5.41, 5.74) is 2.15. The number of carbonyl (C=O) groups excluding carboxylic acids is 3. The number of aryl methyl sites for hydroxylation is 1. The lowest BCUT2D eigenvalue weighted by atomic mass is 10.1. The second kappa shape index (κ2) is 11.1. The largest absolute Gasteiger partial charge is 0.495 e. The summed E-state index contributed by atoms with van der Waals surface area (Å²) in [6.07, 6.45) is 0.00415. The van der Waals surface area contributed by atoms with E-state index < -0.39 is 24.4 Å². The first-order valence-electron chi connectivity index (χ1n) is 11.3. The summed E-state index contributed by atoms with van der Waals surface area (Å²) in [4.78, 5) is 38.9. The molecule has 36 heavy (non-hydrogen) atoms. The summed E-state index contributed by atoms with van der Waals surface area (Å²) >= 11 is 5.96. The lowest BCUT2D eigenvalue weighted by molar-refractivity contribution is -0.151. The van der Waals surface area contributed by atoms with Gasteiger partial charge in [0.15, 0.2) is 6.61 Å². The van der Waals surface area contributed by atoms with Crippen molar-refractivity contribution in [2.24, 2.45) is 5.92 Å². The van der Waals surface area contributed by atoms with Crippen molar-refractivity contribution in [3.05, 3.63) is 77.3 Å². The van der Waals surface area contributed by atoms with Crippen molar-refractivity contribution in [2.75, 3.05) is 30.5 Å². The van der Waals surface area contributed by atoms with E-state index in [0.717, 1.165) is 5.56 Å². The lowest BCUT2D eigenvalue weighted by Crippen LogP contribution is -2.28. The smallest absolute Gasteiger partial charge is 0.311 e. The van der Waals surface area contributed by atoms with Gasteiger partial charge in [-0.1, -0.05) is 29.3 Å². The third-order valence-electron chi connectivity index (χ3n) is 5.64. The molecule has 8 nitrogen and oxygen atoms in total. The number of anilines is 2. The Bertz CT molecular complexity index is 1260. The summed E-state index contributed by atoms with van der Waals surface area (Å²) < 4.78 is 16.2.